The highest BCUT2D eigenvalue weighted by atomic mass is 19.4. The highest BCUT2D eigenvalue weighted by Crippen LogP contribution is 2.37. The van der Waals surface area contributed by atoms with Crippen LogP contribution in [0.1, 0.15) is 123 Å². The monoisotopic (exact) mass is 621 g/mol. The van der Waals surface area contributed by atoms with Crippen LogP contribution in [0.25, 0.3) is 0 Å². The van der Waals surface area contributed by atoms with Gasteiger partial charge in [-0.15, -0.1) is 0 Å². The van der Waals surface area contributed by atoms with Crippen LogP contribution >= 0.6 is 0 Å². The van der Waals surface area contributed by atoms with Crippen molar-refractivity contribution in [1.82, 2.24) is 20.2 Å². The second-order valence-electron chi connectivity index (χ2n) is 12.4. The molecule has 2 heterocycles. The largest absolute Gasteiger partial charge is 0.421 e. The number of amides is 1. The molecular weight excluding hydrogens is 567 g/mol. The number of carbonyl (C=O) groups excluding carboxylic acids is 1. The third-order valence-corrected chi connectivity index (χ3v) is 8.80. The summed E-state index contributed by atoms with van der Waals surface area (Å²) in [6.07, 6.45) is 11.8. The van der Waals surface area contributed by atoms with Gasteiger partial charge in [-0.25, -0.2) is 4.98 Å². The second-order valence-corrected chi connectivity index (χ2v) is 12.4. The number of piperidine rings is 1. The van der Waals surface area contributed by atoms with E-state index in [0.29, 0.717) is 19.0 Å². The summed E-state index contributed by atoms with van der Waals surface area (Å²) in [4.78, 5) is 27.5. The molecule has 1 saturated carbocycles. The number of rotatable bonds is 19. The van der Waals surface area contributed by atoms with Gasteiger partial charge in [-0.05, 0) is 63.7 Å². The van der Waals surface area contributed by atoms with Crippen molar-refractivity contribution in [2.24, 2.45) is 22.6 Å². The predicted octanol–water partition coefficient (Wildman–Crippen LogP) is 7.74. The van der Waals surface area contributed by atoms with Crippen molar-refractivity contribution < 1.29 is 18.0 Å². The first kappa shape index (κ1) is 35.6. The van der Waals surface area contributed by atoms with Crippen molar-refractivity contribution in [2.45, 2.75) is 136 Å². The van der Waals surface area contributed by atoms with Crippen molar-refractivity contribution in [2.75, 3.05) is 18.4 Å². The molecule has 8 nitrogen and oxygen atoms in total. The zero-order valence-corrected chi connectivity index (χ0v) is 27.2. The minimum absolute atomic E-state index is 0.0499. The fourth-order valence-electron chi connectivity index (χ4n) is 6.03. The Balaban J connectivity index is 1.71. The van der Waals surface area contributed by atoms with Crippen LogP contribution in [0.3, 0.4) is 0 Å². The van der Waals surface area contributed by atoms with Gasteiger partial charge in [0, 0.05) is 49.1 Å². The summed E-state index contributed by atoms with van der Waals surface area (Å²) >= 11 is 0. The number of aromatic nitrogens is 2. The van der Waals surface area contributed by atoms with Gasteiger partial charge in [0.2, 0.25) is 5.91 Å². The van der Waals surface area contributed by atoms with Gasteiger partial charge in [-0.2, -0.15) is 23.1 Å². The van der Waals surface area contributed by atoms with Gasteiger partial charge >= 0.3 is 6.18 Å². The summed E-state index contributed by atoms with van der Waals surface area (Å²) in [6.45, 7) is 9.26. The van der Waals surface area contributed by atoms with Gasteiger partial charge in [-0.1, -0.05) is 59.8 Å². The Bertz CT molecular complexity index is 1100. The number of likely N-dealkylation sites (tertiary alicyclic amines) is 1. The Kier molecular flexibility index (Phi) is 14.2. The van der Waals surface area contributed by atoms with E-state index in [1.165, 1.54) is 0 Å². The van der Waals surface area contributed by atoms with Gasteiger partial charge in [0.25, 0.3) is 5.95 Å². The van der Waals surface area contributed by atoms with E-state index >= 15 is 0 Å². The van der Waals surface area contributed by atoms with E-state index in [0.717, 1.165) is 95.2 Å². The maximum atomic E-state index is 13.9. The van der Waals surface area contributed by atoms with Crippen LogP contribution in [0, 0.1) is 11.8 Å². The van der Waals surface area contributed by atoms with Crippen molar-refractivity contribution in [1.29, 1.82) is 0 Å². The van der Waals surface area contributed by atoms with Crippen LogP contribution in [-0.4, -0.2) is 51.8 Å². The molecule has 2 aliphatic rings. The molecule has 3 unspecified atom stereocenters. The molecule has 0 aromatic carbocycles. The van der Waals surface area contributed by atoms with Gasteiger partial charge in [0.15, 0.2) is 0 Å². The van der Waals surface area contributed by atoms with E-state index in [2.05, 4.69) is 53.3 Å². The Morgan fingerprint density at radius 2 is 1.84 bits per heavy atom. The number of amidine groups is 1. The molecule has 2 fully saturated rings. The molecule has 0 bridgehead atoms. The second kappa shape index (κ2) is 17.6. The molecule has 1 aromatic heterocycles. The molecule has 3 atom stereocenters. The summed E-state index contributed by atoms with van der Waals surface area (Å²) in [5, 5.41) is 6.37. The summed E-state index contributed by atoms with van der Waals surface area (Å²) < 4.78 is 41.6. The van der Waals surface area contributed by atoms with Crippen LogP contribution in [0.4, 0.5) is 24.9 Å². The smallest absolute Gasteiger partial charge is 0.388 e. The first-order valence-electron chi connectivity index (χ1n) is 16.9. The molecule has 0 spiro atoms. The number of nitrogens with zero attached hydrogens (tertiary/aromatic N) is 4. The lowest BCUT2D eigenvalue weighted by molar-refractivity contribution is -0.142. The van der Waals surface area contributed by atoms with E-state index in [1.54, 1.807) is 0 Å². The Labute approximate surface area is 262 Å². The topological polar surface area (TPSA) is 109 Å². The minimum atomic E-state index is -4.63. The van der Waals surface area contributed by atoms with E-state index in [9.17, 15) is 18.0 Å². The van der Waals surface area contributed by atoms with Crippen LogP contribution in [-0.2, 0) is 11.0 Å². The number of unbranched alkanes of at least 4 members (excludes halogenated alkanes) is 2. The predicted molar refractivity (Wildman–Crippen MR) is 172 cm³/mol. The summed E-state index contributed by atoms with van der Waals surface area (Å²) in [7, 11) is 0. The molecule has 1 aromatic rings. The van der Waals surface area contributed by atoms with E-state index < -0.39 is 11.7 Å². The van der Waals surface area contributed by atoms with Crippen LogP contribution in [0.5, 0.6) is 0 Å². The van der Waals surface area contributed by atoms with E-state index in [-0.39, 0.29) is 47.9 Å². The normalized spacial score (nSPS) is 20.6. The lowest BCUT2D eigenvalue weighted by atomic mass is 9.87. The van der Waals surface area contributed by atoms with Crippen LogP contribution < -0.4 is 16.4 Å². The molecule has 4 N–H and O–H groups in total. The van der Waals surface area contributed by atoms with Crippen molar-refractivity contribution in [3.05, 3.63) is 23.5 Å². The molecule has 11 heteroatoms. The number of hydrogen-bond donors (Lipinski definition) is 3. The molecule has 1 aliphatic carbocycles. The van der Waals surface area contributed by atoms with Gasteiger partial charge in [-0.3, -0.25) is 4.79 Å². The lowest BCUT2D eigenvalue weighted by Crippen LogP contribution is -2.48. The number of carbonyl (C=O) groups is 1. The van der Waals surface area contributed by atoms with Crippen molar-refractivity contribution in [3.63, 3.8) is 0 Å². The standard InChI is InChI=1S/C33H54F3N7O/c1-5-9-13-24-17-18-26(8-4)43(31(24)44)20-11-19-38-30-28(33(34,35)36)22-40-32(42-30)41-29(37)27(23-15-16-23)21-39-25(12-7-3)14-10-6-2/h21-26,39H,5-20H2,1-4H3,(H3,37,38,40,41,42)/b27-21-. The summed E-state index contributed by atoms with van der Waals surface area (Å²) in [6, 6.07) is 0.524. The van der Waals surface area contributed by atoms with Crippen molar-refractivity contribution >= 4 is 23.5 Å². The number of aliphatic imine (C=N–C) groups is 1. The summed E-state index contributed by atoms with van der Waals surface area (Å²) in [5.41, 5.74) is 6.30. The maximum absolute atomic E-state index is 13.9. The third-order valence-electron chi connectivity index (χ3n) is 8.80. The third kappa shape index (κ3) is 10.6. The first-order valence-corrected chi connectivity index (χ1v) is 16.9. The fraction of sp³-hybridized carbons (Fsp3) is 0.758. The van der Waals surface area contributed by atoms with Gasteiger partial charge in [0.1, 0.15) is 17.2 Å². The average molecular weight is 622 g/mol. The Morgan fingerprint density at radius 3 is 2.48 bits per heavy atom. The quantitative estimate of drug-likeness (QED) is 0.0829. The number of alkyl halides is 3. The molecule has 0 radical (unpaired) electrons. The number of nitrogens with one attached hydrogen (secondary N) is 2. The molecule has 1 saturated heterocycles. The maximum Gasteiger partial charge on any atom is 0.421 e. The van der Waals surface area contributed by atoms with E-state index in [4.69, 9.17) is 5.73 Å². The van der Waals surface area contributed by atoms with Crippen LogP contribution in [0.2, 0.25) is 0 Å². The molecule has 248 valence electrons. The molecule has 1 amide bonds. The Hall–Kier alpha value is -2.85. The van der Waals surface area contributed by atoms with Gasteiger partial charge < -0.3 is 21.3 Å². The fourth-order valence-corrected chi connectivity index (χ4v) is 6.03. The minimum Gasteiger partial charge on any atom is -0.388 e. The number of hydrogen-bond acceptors (Lipinski definition) is 6. The molecule has 3 rings (SSSR count). The van der Waals surface area contributed by atoms with E-state index in [1.807, 2.05) is 11.1 Å². The first-order chi connectivity index (χ1) is 21.1. The molecule has 1 aliphatic heterocycles. The number of nitrogens with two attached hydrogens (primary N) is 1. The summed E-state index contributed by atoms with van der Waals surface area (Å²) in [5.74, 6) is 0.295. The van der Waals surface area contributed by atoms with Crippen LogP contribution in [0.15, 0.2) is 23.0 Å². The highest BCUT2D eigenvalue weighted by molar-refractivity contribution is 5.99. The average Bonchev–Trinajstić information content (AvgIpc) is 3.83. The molecule has 44 heavy (non-hydrogen) atoms. The Morgan fingerprint density at radius 1 is 1.09 bits per heavy atom. The zero-order chi connectivity index (χ0) is 32.1. The number of anilines is 1. The zero-order valence-electron chi connectivity index (χ0n) is 27.2. The SMILES string of the molecule is CCCCC(CCC)N/C=C(\C(N)=N\c1ncc(C(F)(F)F)c(NCCCN2C(=O)C(CCCC)CCC2CC)n1)C1CC1. The molecular formula is C33H54F3N7O. The van der Waals surface area contributed by atoms with Gasteiger partial charge in [0.05, 0.1) is 0 Å². The van der Waals surface area contributed by atoms with Crippen molar-refractivity contribution in [3.8, 4) is 0 Å². The number of halogens is 3. The highest BCUT2D eigenvalue weighted by Gasteiger charge is 2.36. The lowest BCUT2D eigenvalue weighted by Gasteiger charge is -2.39.